The summed E-state index contributed by atoms with van der Waals surface area (Å²) in [5.41, 5.74) is -5.38. The van der Waals surface area contributed by atoms with Crippen LogP contribution in [0.2, 0.25) is 0 Å². The second-order valence-electron chi connectivity index (χ2n) is 25.2. The highest BCUT2D eigenvalue weighted by Gasteiger charge is 2.72. The Morgan fingerprint density at radius 1 is 0.216 bits per heavy atom. The number of aliphatic hydroxyl groups is 4. The molecule has 0 amide bonds. The van der Waals surface area contributed by atoms with E-state index in [0.717, 1.165) is 70.6 Å². The molecule has 4 N–H and O–H groups in total. The second kappa shape index (κ2) is 51.0. The summed E-state index contributed by atoms with van der Waals surface area (Å²) >= 11 is 0. The van der Waals surface area contributed by atoms with Crippen LogP contribution in [-0.2, 0) is 4.74 Å². The van der Waals surface area contributed by atoms with Crippen LogP contribution in [0.4, 0.5) is 0 Å². The third kappa shape index (κ3) is 34.7. The van der Waals surface area contributed by atoms with Crippen molar-refractivity contribution in [2.45, 2.75) is 436 Å². The zero-order valence-corrected chi connectivity index (χ0v) is 51.3. The van der Waals surface area contributed by atoms with E-state index in [1.54, 1.807) is 0 Å². The first-order valence-corrected chi connectivity index (χ1v) is 34.7. The van der Waals surface area contributed by atoms with Gasteiger partial charge in [0.2, 0.25) is 0 Å². The largest absolute Gasteiger partial charge is 0.384 e. The average molecular weight is 1050 g/mol. The molecule has 0 aromatic heterocycles. The summed E-state index contributed by atoms with van der Waals surface area (Å²) in [5, 5.41) is 52.1. The summed E-state index contributed by atoms with van der Waals surface area (Å²) in [6.45, 7) is 9.04. The predicted molar refractivity (Wildman–Crippen MR) is 325 cm³/mol. The van der Waals surface area contributed by atoms with Crippen LogP contribution in [0.25, 0.3) is 0 Å². The van der Waals surface area contributed by atoms with E-state index < -0.39 is 22.6 Å². The Labute approximate surface area is 465 Å². The maximum absolute atomic E-state index is 13.3. The Balaban J connectivity index is 2.95. The zero-order chi connectivity index (χ0) is 53.8. The maximum Gasteiger partial charge on any atom is 0.197 e. The molecule has 1 rings (SSSR count). The molecule has 0 radical (unpaired) electrons. The van der Waals surface area contributed by atoms with Crippen molar-refractivity contribution in [3.63, 3.8) is 0 Å². The van der Waals surface area contributed by atoms with Crippen molar-refractivity contribution in [3.8, 4) is 0 Å². The van der Waals surface area contributed by atoms with Gasteiger partial charge in [0.25, 0.3) is 0 Å². The van der Waals surface area contributed by atoms with Crippen molar-refractivity contribution >= 4 is 0 Å². The number of hydrogen-bond acceptors (Lipinski definition) is 5. The summed E-state index contributed by atoms with van der Waals surface area (Å²) in [4.78, 5) is 0. The Bertz CT molecular complexity index is 1050. The number of unbranched alkanes of at least 4 members (excludes halogenated alkanes) is 52. The first-order valence-electron chi connectivity index (χ1n) is 34.7. The first-order chi connectivity index (χ1) is 36.2. The van der Waals surface area contributed by atoms with E-state index >= 15 is 0 Å². The lowest BCUT2D eigenvalue weighted by atomic mass is 9.59. The van der Waals surface area contributed by atoms with Gasteiger partial charge in [-0.2, -0.15) is 0 Å². The normalized spacial score (nSPS) is 21.1. The number of hydrogen-bond donors (Lipinski definition) is 4. The van der Waals surface area contributed by atoms with E-state index in [-0.39, 0.29) is 13.0 Å². The van der Waals surface area contributed by atoms with Crippen molar-refractivity contribution in [1.82, 2.24) is 0 Å². The van der Waals surface area contributed by atoms with Crippen LogP contribution in [0.1, 0.15) is 413 Å². The molecule has 0 aliphatic carbocycles. The summed E-state index contributed by atoms with van der Waals surface area (Å²) in [5.74, 6) is -1.88. The van der Waals surface area contributed by atoms with Gasteiger partial charge in [-0.05, 0) is 25.7 Å². The van der Waals surface area contributed by atoms with Crippen molar-refractivity contribution in [2.24, 2.45) is 0 Å². The molecule has 0 bridgehead atoms. The lowest BCUT2D eigenvalue weighted by Gasteiger charge is -2.62. The molecule has 444 valence electrons. The minimum atomic E-state index is -1.94. The van der Waals surface area contributed by atoms with Gasteiger partial charge in [-0.15, -0.1) is 0 Å². The van der Waals surface area contributed by atoms with E-state index in [9.17, 15) is 20.4 Å². The highest BCUT2D eigenvalue weighted by Crippen LogP contribution is 2.54. The van der Waals surface area contributed by atoms with Gasteiger partial charge in [0.05, 0.1) is 6.61 Å². The van der Waals surface area contributed by atoms with E-state index in [1.807, 2.05) is 0 Å². The third-order valence-electron chi connectivity index (χ3n) is 18.2. The lowest BCUT2D eigenvalue weighted by molar-refractivity contribution is -0.423. The van der Waals surface area contributed by atoms with Crippen LogP contribution < -0.4 is 0 Å². The van der Waals surface area contributed by atoms with Crippen molar-refractivity contribution in [3.05, 3.63) is 0 Å². The Hall–Kier alpha value is -0.200. The van der Waals surface area contributed by atoms with Gasteiger partial charge in [0.1, 0.15) is 16.8 Å². The number of rotatable bonds is 60. The molecule has 1 aliphatic heterocycles. The Morgan fingerprint density at radius 2 is 0.392 bits per heavy atom. The minimum Gasteiger partial charge on any atom is -0.384 e. The minimum absolute atomic E-state index is 0.114. The highest BCUT2D eigenvalue weighted by atomic mass is 16.7. The molecule has 4 atom stereocenters. The topological polar surface area (TPSA) is 90.2 Å². The number of ether oxygens (including phenoxy) is 1. The molecule has 0 aromatic rings. The summed E-state index contributed by atoms with van der Waals surface area (Å²) in [6.07, 6.45) is 71.6. The quantitative estimate of drug-likeness (QED) is 0.0456. The molecule has 1 unspecified atom stereocenters. The van der Waals surface area contributed by atoms with E-state index in [2.05, 4.69) is 27.7 Å². The van der Waals surface area contributed by atoms with Crippen molar-refractivity contribution in [1.29, 1.82) is 0 Å². The second-order valence-corrected chi connectivity index (χ2v) is 25.2. The molecule has 5 heteroatoms. The predicted octanol–water partition coefficient (Wildman–Crippen LogP) is 22.4. The fraction of sp³-hybridized carbons (Fsp3) is 1.00. The van der Waals surface area contributed by atoms with Crippen LogP contribution in [0, 0.1) is 0 Å². The molecule has 74 heavy (non-hydrogen) atoms. The van der Waals surface area contributed by atoms with Crippen molar-refractivity contribution < 1.29 is 25.2 Å². The van der Waals surface area contributed by atoms with E-state index in [1.165, 1.54) is 283 Å². The van der Waals surface area contributed by atoms with E-state index in [4.69, 9.17) is 4.74 Å². The highest BCUT2D eigenvalue weighted by molar-refractivity contribution is 5.19. The Kier molecular flexibility index (Phi) is 49.5. The van der Waals surface area contributed by atoms with Crippen LogP contribution in [0.3, 0.4) is 0 Å². The molecule has 1 aliphatic rings. The van der Waals surface area contributed by atoms with Crippen LogP contribution >= 0.6 is 0 Å². The third-order valence-corrected chi connectivity index (χ3v) is 18.2. The van der Waals surface area contributed by atoms with Crippen LogP contribution in [-0.4, -0.2) is 49.6 Å². The van der Waals surface area contributed by atoms with E-state index in [0.29, 0.717) is 25.7 Å². The molecule has 1 fully saturated rings. The van der Waals surface area contributed by atoms with Crippen molar-refractivity contribution in [2.75, 3.05) is 6.61 Å². The first kappa shape index (κ1) is 71.8. The zero-order valence-electron chi connectivity index (χ0n) is 51.3. The lowest BCUT2D eigenvalue weighted by Crippen LogP contribution is -2.81. The van der Waals surface area contributed by atoms with Gasteiger partial charge in [-0.3, -0.25) is 0 Å². The summed E-state index contributed by atoms with van der Waals surface area (Å²) in [7, 11) is 0. The monoisotopic (exact) mass is 1050 g/mol. The molecule has 1 saturated heterocycles. The van der Waals surface area contributed by atoms with Gasteiger partial charge in [0.15, 0.2) is 5.79 Å². The molecule has 5 nitrogen and oxygen atoms in total. The summed E-state index contributed by atoms with van der Waals surface area (Å²) < 4.78 is 6.46. The molecule has 1 heterocycles. The summed E-state index contributed by atoms with van der Waals surface area (Å²) in [6, 6.07) is 0. The molecular weight excluding hydrogens is 909 g/mol. The van der Waals surface area contributed by atoms with Gasteiger partial charge < -0.3 is 25.2 Å². The fourth-order valence-corrected chi connectivity index (χ4v) is 12.9. The van der Waals surface area contributed by atoms with Gasteiger partial charge in [-0.1, -0.05) is 381 Å². The molecular formula is C69H138O5. The average Bonchev–Trinajstić information content (AvgIpc) is 3.40. The van der Waals surface area contributed by atoms with Gasteiger partial charge in [0, 0.05) is 6.42 Å². The standard InChI is InChI=1S/C69H138O5/c1-5-9-13-17-21-25-29-33-37-41-45-49-53-57-61-66(70)65-74-69(73,64-60-56-52-48-44-40-36-32-28-24-20-16-12-8-4)68(72,63-59-55-51-47-43-39-35-31-27-23-19-15-11-7-3)67(66,71)62-58-54-50-46-42-38-34-30-26-22-18-14-10-6-2/h70-73H,5-65H2,1-4H3/t66-,67+,68-,69?/m1/s1. The molecule has 0 aromatic carbocycles. The fourth-order valence-electron chi connectivity index (χ4n) is 12.9. The van der Waals surface area contributed by atoms with Gasteiger partial charge in [-0.25, -0.2) is 0 Å². The van der Waals surface area contributed by atoms with Crippen LogP contribution in [0.15, 0.2) is 0 Å². The smallest absolute Gasteiger partial charge is 0.197 e. The van der Waals surface area contributed by atoms with Gasteiger partial charge >= 0.3 is 0 Å². The van der Waals surface area contributed by atoms with Crippen LogP contribution in [0.5, 0.6) is 0 Å². The Morgan fingerprint density at radius 3 is 0.622 bits per heavy atom. The molecule has 0 spiro atoms. The SMILES string of the molecule is CCCCCCCCCCCCCCCCC1(O)OC[C@](O)(CCCCCCCCCCCCCCCC)[C@@](O)(CCCCCCCCCCCCCCCC)[C@]1(O)CCCCCCCCCCCCCCCC. The maximum atomic E-state index is 13.3. The molecule has 0 saturated carbocycles.